The van der Waals surface area contributed by atoms with Crippen molar-refractivity contribution in [2.75, 3.05) is 0 Å². The summed E-state index contributed by atoms with van der Waals surface area (Å²) in [5.41, 5.74) is 0. The highest BCUT2D eigenvalue weighted by Gasteiger charge is 2.02. The molecule has 0 amide bonds. The molecule has 1 rings (SSSR count). The van der Waals surface area contributed by atoms with Crippen molar-refractivity contribution < 1.29 is 4.74 Å². The molecule has 0 radical (unpaired) electrons. The summed E-state index contributed by atoms with van der Waals surface area (Å²) in [6.07, 6.45) is 3.10. The highest BCUT2D eigenvalue weighted by Crippen LogP contribution is 2.18. The van der Waals surface area contributed by atoms with E-state index < -0.39 is 0 Å². The molecule has 1 atom stereocenters. The minimum Gasteiger partial charge on any atom is -0.373 e. The molecule has 0 spiro atoms. The van der Waals surface area contributed by atoms with Crippen LogP contribution in [0.4, 0.5) is 0 Å². The molecule has 0 aliphatic heterocycles. The Morgan fingerprint density at radius 3 is 3.00 bits per heavy atom. The summed E-state index contributed by atoms with van der Waals surface area (Å²) in [5, 5.41) is 0. The fourth-order valence-corrected chi connectivity index (χ4v) is 1.59. The monoisotopic (exact) mass is 205 g/mol. The average molecular weight is 206 g/mol. The van der Waals surface area contributed by atoms with E-state index in [1.807, 2.05) is 0 Å². The number of aromatic nitrogens is 1. The van der Waals surface area contributed by atoms with Crippen molar-refractivity contribution in [3.8, 4) is 0 Å². The van der Waals surface area contributed by atoms with Gasteiger partial charge in [-0.1, -0.05) is 18.5 Å². The molecule has 1 aromatic heterocycles. The van der Waals surface area contributed by atoms with Gasteiger partial charge in [0, 0.05) is 6.20 Å². The van der Waals surface area contributed by atoms with Crippen LogP contribution in [0.15, 0.2) is 6.20 Å². The quantitative estimate of drug-likeness (QED) is 0.754. The molecule has 2 nitrogen and oxygen atoms in total. The van der Waals surface area contributed by atoms with Crippen LogP contribution in [0.5, 0.6) is 0 Å². The topological polar surface area (TPSA) is 22.1 Å². The third-order valence-electron chi connectivity index (χ3n) is 1.61. The van der Waals surface area contributed by atoms with E-state index in [0.29, 0.717) is 17.2 Å². The van der Waals surface area contributed by atoms with E-state index in [9.17, 15) is 0 Å². The molecule has 12 heavy (non-hydrogen) atoms. The summed E-state index contributed by atoms with van der Waals surface area (Å²) >= 11 is 7.13. The number of ether oxygens (including phenoxy) is 1. The maximum atomic E-state index is 5.66. The van der Waals surface area contributed by atoms with Crippen molar-refractivity contribution in [3.63, 3.8) is 0 Å². The van der Waals surface area contributed by atoms with Crippen LogP contribution in [-0.4, -0.2) is 11.1 Å². The Kier molecular flexibility index (Phi) is 3.98. The van der Waals surface area contributed by atoms with E-state index in [-0.39, 0.29) is 0 Å². The largest absolute Gasteiger partial charge is 0.373 e. The van der Waals surface area contributed by atoms with Crippen LogP contribution in [0.25, 0.3) is 0 Å². The lowest BCUT2D eigenvalue weighted by Crippen LogP contribution is -2.04. The van der Waals surface area contributed by atoms with Crippen LogP contribution in [0.2, 0.25) is 4.47 Å². The van der Waals surface area contributed by atoms with Gasteiger partial charge in [0.25, 0.3) is 0 Å². The summed E-state index contributed by atoms with van der Waals surface area (Å²) in [7, 11) is 0. The number of hydrogen-bond acceptors (Lipinski definition) is 3. The Balaban J connectivity index is 2.33. The summed E-state index contributed by atoms with van der Waals surface area (Å²) in [5.74, 6) is 0. The molecule has 4 heteroatoms. The summed E-state index contributed by atoms with van der Waals surface area (Å²) in [6, 6.07) is 0. The van der Waals surface area contributed by atoms with Crippen molar-refractivity contribution >= 4 is 22.9 Å². The van der Waals surface area contributed by atoms with Gasteiger partial charge in [-0.3, -0.25) is 0 Å². The predicted octanol–water partition coefficient (Wildman–Crippen LogP) is 3.11. The number of rotatable bonds is 4. The lowest BCUT2D eigenvalue weighted by Gasteiger charge is -2.07. The van der Waals surface area contributed by atoms with Gasteiger partial charge in [-0.2, -0.15) is 0 Å². The number of nitrogens with zero attached hydrogens (tertiary/aromatic N) is 1. The maximum absolute atomic E-state index is 5.66. The van der Waals surface area contributed by atoms with E-state index in [1.165, 1.54) is 11.3 Å². The van der Waals surface area contributed by atoms with Crippen LogP contribution in [0.3, 0.4) is 0 Å². The van der Waals surface area contributed by atoms with Crippen LogP contribution in [0.1, 0.15) is 25.1 Å². The first kappa shape index (κ1) is 9.96. The molecule has 1 heterocycles. The summed E-state index contributed by atoms with van der Waals surface area (Å²) in [4.78, 5) is 5.01. The fraction of sp³-hybridized carbons (Fsp3) is 0.625. The molecule has 68 valence electrons. The zero-order valence-corrected chi connectivity index (χ0v) is 8.78. The minimum absolute atomic E-state index is 0.311. The van der Waals surface area contributed by atoms with Gasteiger partial charge >= 0.3 is 0 Å². The van der Waals surface area contributed by atoms with Gasteiger partial charge < -0.3 is 4.74 Å². The Bertz CT molecular complexity index is 239. The molecule has 1 unspecified atom stereocenters. The van der Waals surface area contributed by atoms with Gasteiger partial charge in [-0.05, 0) is 13.3 Å². The first-order valence-electron chi connectivity index (χ1n) is 3.94. The normalized spacial score (nSPS) is 13.2. The number of thiazole rings is 1. The molecule has 0 N–H and O–H groups in total. The smallest absolute Gasteiger partial charge is 0.183 e. The third-order valence-corrected chi connectivity index (χ3v) is 2.70. The minimum atomic E-state index is 0.311. The molecule has 0 saturated heterocycles. The second-order valence-electron chi connectivity index (χ2n) is 2.61. The Hall–Kier alpha value is -0.120. The van der Waals surface area contributed by atoms with Crippen molar-refractivity contribution in [1.82, 2.24) is 4.98 Å². The van der Waals surface area contributed by atoms with E-state index in [4.69, 9.17) is 16.3 Å². The molecular weight excluding hydrogens is 194 g/mol. The van der Waals surface area contributed by atoms with Crippen molar-refractivity contribution in [2.45, 2.75) is 33.0 Å². The molecule has 0 fully saturated rings. The molecular formula is C8H12ClNOS. The highest BCUT2D eigenvalue weighted by molar-refractivity contribution is 7.15. The van der Waals surface area contributed by atoms with Gasteiger partial charge in [-0.15, -0.1) is 11.3 Å². The second-order valence-corrected chi connectivity index (χ2v) is 4.31. The van der Waals surface area contributed by atoms with Gasteiger partial charge in [0.1, 0.15) is 0 Å². The van der Waals surface area contributed by atoms with Gasteiger partial charge in [0.15, 0.2) is 4.47 Å². The van der Waals surface area contributed by atoms with E-state index in [1.54, 1.807) is 6.20 Å². The van der Waals surface area contributed by atoms with Gasteiger partial charge in [0.05, 0.1) is 17.6 Å². The lowest BCUT2D eigenvalue weighted by atomic mass is 10.3. The van der Waals surface area contributed by atoms with Gasteiger partial charge in [0.2, 0.25) is 0 Å². The van der Waals surface area contributed by atoms with Crippen LogP contribution < -0.4 is 0 Å². The SMILES string of the molecule is CCC(C)OCc1cnc(Cl)s1. The number of halogens is 1. The van der Waals surface area contributed by atoms with Crippen molar-refractivity contribution in [3.05, 3.63) is 15.5 Å². The molecule has 0 saturated carbocycles. The van der Waals surface area contributed by atoms with Gasteiger partial charge in [-0.25, -0.2) is 4.98 Å². The number of hydrogen-bond donors (Lipinski definition) is 0. The zero-order valence-electron chi connectivity index (χ0n) is 7.21. The highest BCUT2D eigenvalue weighted by atomic mass is 35.5. The first-order chi connectivity index (χ1) is 5.72. The molecule has 0 aromatic carbocycles. The standard InChI is InChI=1S/C8H12ClNOS/c1-3-6(2)11-5-7-4-10-8(9)12-7/h4,6H,3,5H2,1-2H3. The Morgan fingerprint density at radius 2 is 2.50 bits per heavy atom. The van der Waals surface area contributed by atoms with E-state index in [0.717, 1.165) is 11.3 Å². The maximum Gasteiger partial charge on any atom is 0.183 e. The van der Waals surface area contributed by atoms with E-state index >= 15 is 0 Å². The predicted molar refractivity (Wildman–Crippen MR) is 51.7 cm³/mol. The first-order valence-corrected chi connectivity index (χ1v) is 5.13. The zero-order chi connectivity index (χ0) is 8.97. The molecule has 0 bridgehead atoms. The summed E-state index contributed by atoms with van der Waals surface area (Å²) in [6.45, 7) is 4.78. The molecule has 1 aromatic rings. The van der Waals surface area contributed by atoms with Crippen molar-refractivity contribution in [1.29, 1.82) is 0 Å². The van der Waals surface area contributed by atoms with Crippen LogP contribution in [0, 0.1) is 0 Å². The van der Waals surface area contributed by atoms with Crippen LogP contribution >= 0.6 is 22.9 Å². The summed E-state index contributed by atoms with van der Waals surface area (Å²) < 4.78 is 6.08. The lowest BCUT2D eigenvalue weighted by molar-refractivity contribution is 0.0524. The average Bonchev–Trinajstić information content (AvgIpc) is 2.47. The third kappa shape index (κ3) is 3.09. The Morgan fingerprint density at radius 1 is 1.75 bits per heavy atom. The fourth-order valence-electron chi connectivity index (χ4n) is 0.693. The second kappa shape index (κ2) is 4.80. The van der Waals surface area contributed by atoms with Crippen LogP contribution in [-0.2, 0) is 11.3 Å². The van der Waals surface area contributed by atoms with Crippen molar-refractivity contribution in [2.24, 2.45) is 0 Å². The Labute approximate surface area is 81.5 Å². The molecule has 0 aliphatic carbocycles. The molecule has 0 aliphatic rings. The van der Waals surface area contributed by atoms with E-state index in [2.05, 4.69) is 18.8 Å².